The van der Waals surface area contributed by atoms with Crippen LogP contribution in [0.25, 0.3) is 0 Å². The van der Waals surface area contributed by atoms with E-state index in [2.05, 4.69) is 76.5 Å². The molecule has 3 rings (SSSR count). The molecule has 2 aromatic rings. The average molecular weight is 567 g/mol. The SMILES string of the molecule is CCNC(=NCc1ccc(N2CCN(CC)CC2)nc1)NCCc1ccc(C)c(OC)c1.I. The Bertz CT molecular complexity index is 866. The van der Waals surface area contributed by atoms with Crippen LogP contribution >= 0.6 is 24.0 Å². The van der Waals surface area contributed by atoms with Crippen molar-refractivity contribution in [1.29, 1.82) is 0 Å². The summed E-state index contributed by atoms with van der Waals surface area (Å²) in [6, 6.07) is 10.6. The molecule has 7 nitrogen and oxygen atoms in total. The summed E-state index contributed by atoms with van der Waals surface area (Å²) >= 11 is 0. The van der Waals surface area contributed by atoms with Crippen molar-refractivity contribution in [2.75, 3.05) is 57.8 Å². The van der Waals surface area contributed by atoms with Gasteiger partial charge in [0.1, 0.15) is 11.6 Å². The number of pyridine rings is 1. The summed E-state index contributed by atoms with van der Waals surface area (Å²) in [5, 5.41) is 6.75. The fourth-order valence-corrected chi connectivity index (χ4v) is 3.85. The van der Waals surface area contributed by atoms with E-state index in [1.165, 1.54) is 5.56 Å². The highest BCUT2D eigenvalue weighted by Gasteiger charge is 2.16. The Hall–Kier alpha value is -2.07. The quantitative estimate of drug-likeness (QED) is 0.276. The van der Waals surface area contributed by atoms with E-state index in [0.717, 1.165) is 80.9 Å². The number of aryl methyl sites for hydroxylation is 1. The predicted molar refractivity (Wildman–Crippen MR) is 148 cm³/mol. The molecule has 0 aliphatic carbocycles. The van der Waals surface area contributed by atoms with Crippen LogP contribution < -0.4 is 20.3 Å². The first-order valence-electron chi connectivity index (χ1n) is 11.7. The van der Waals surface area contributed by atoms with E-state index in [-0.39, 0.29) is 24.0 Å². The maximum absolute atomic E-state index is 5.43. The van der Waals surface area contributed by atoms with Gasteiger partial charge >= 0.3 is 0 Å². The second-order valence-corrected chi connectivity index (χ2v) is 8.12. The third-order valence-corrected chi connectivity index (χ3v) is 5.90. The van der Waals surface area contributed by atoms with Crippen LogP contribution in [0.1, 0.15) is 30.5 Å². The van der Waals surface area contributed by atoms with Gasteiger partial charge in [0.25, 0.3) is 0 Å². The number of nitrogens with one attached hydrogen (secondary N) is 2. The smallest absolute Gasteiger partial charge is 0.191 e. The Kier molecular flexibility index (Phi) is 11.7. The molecule has 0 bridgehead atoms. The molecular weight excluding hydrogens is 527 g/mol. The topological polar surface area (TPSA) is 65.0 Å². The van der Waals surface area contributed by atoms with E-state index in [4.69, 9.17) is 9.73 Å². The number of likely N-dealkylation sites (N-methyl/N-ethyl adjacent to an activating group) is 1. The molecule has 33 heavy (non-hydrogen) atoms. The molecule has 1 fully saturated rings. The van der Waals surface area contributed by atoms with E-state index in [1.807, 2.05) is 6.20 Å². The van der Waals surface area contributed by atoms with Gasteiger partial charge in [-0.15, -0.1) is 24.0 Å². The van der Waals surface area contributed by atoms with Crippen LogP contribution in [0.4, 0.5) is 5.82 Å². The highest BCUT2D eigenvalue weighted by molar-refractivity contribution is 14.0. The number of halogens is 1. The summed E-state index contributed by atoms with van der Waals surface area (Å²) < 4.78 is 5.43. The lowest BCUT2D eigenvalue weighted by Crippen LogP contribution is -2.46. The van der Waals surface area contributed by atoms with Crippen LogP contribution in [0.3, 0.4) is 0 Å². The standard InChI is InChI=1S/C25H38N6O.HI/c1-5-26-25(27-12-11-21-8-7-20(3)23(17-21)32-4)29-19-22-9-10-24(28-18-22)31-15-13-30(6-2)14-16-31;/h7-10,17-18H,5-6,11-16,19H2,1-4H3,(H2,26,27,29);1H. The molecule has 2 heterocycles. The van der Waals surface area contributed by atoms with Crippen LogP contribution in [-0.2, 0) is 13.0 Å². The van der Waals surface area contributed by atoms with Crippen LogP contribution in [-0.4, -0.2) is 68.8 Å². The van der Waals surface area contributed by atoms with Gasteiger partial charge in [0.2, 0.25) is 0 Å². The molecule has 0 amide bonds. The zero-order valence-corrected chi connectivity index (χ0v) is 22.8. The summed E-state index contributed by atoms with van der Waals surface area (Å²) in [5.41, 5.74) is 3.51. The van der Waals surface area contributed by atoms with Crippen molar-refractivity contribution < 1.29 is 4.74 Å². The molecule has 2 N–H and O–H groups in total. The number of aromatic nitrogens is 1. The minimum absolute atomic E-state index is 0. The molecule has 1 aromatic carbocycles. The number of anilines is 1. The number of guanidine groups is 1. The van der Waals surface area contributed by atoms with E-state index in [1.54, 1.807) is 7.11 Å². The molecule has 182 valence electrons. The van der Waals surface area contributed by atoms with Gasteiger partial charge in [0, 0.05) is 45.5 Å². The minimum atomic E-state index is 0. The molecule has 1 aromatic heterocycles. The first-order valence-corrected chi connectivity index (χ1v) is 11.7. The predicted octanol–water partition coefficient (Wildman–Crippen LogP) is 3.46. The zero-order chi connectivity index (χ0) is 22.8. The van der Waals surface area contributed by atoms with Crippen LogP contribution in [0, 0.1) is 6.92 Å². The van der Waals surface area contributed by atoms with Crippen LogP contribution in [0.15, 0.2) is 41.5 Å². The Morgan fingerprint density at radius 1 is 1.06 bits per heavy atom. The van der Waals surface area contributed by atoms with Gasteiger partial charge < -0.3 is 25.2 Å². The fourth-order valence-electron chi connectivity index (χ4n) is 3.85. The lowest BCUT2D eigenvalue weighted by atomic mass is 10.1. The van der Waals surface area contributed by atoms with Crippen molar-refractivity contribution in [2.45, 2.75) is 33.7 Å². The second kappa shape index (κ2) is 14.2. The van der Waals surface area contributed by atoms with Gasteiger partial charge in [0.15, 0.2) is 5.96 Å². The largest absolute Gasteiger partial charge is 0.496 e. The number of hydrogen-bond acceptors (Lipinski definition) is 5. The molecule has 0 atom stereocenters. The van der Waals surface area contributed by atoms with Gasteiger partial charge in [-0.2, -0.15) is 0 Å². The monoisotopic (exact) mass is 566 g/mol. The highest BCUT2D eigenvalue weighted by Crippen LogP contribution is 2.19. The van der Waals surface area contributed by atoms with Gasteiger partial charge in [-0.1, -0.05) is 25.1 Å². The van der Waals surface area contributed by atoms with Crippen molar-refractivity contribution in [1.82, 2.24) is 20.5 Å². The molecular formula is C25H39IN6O. The second-order valence-electron chi connectivity index (χ2n) is 8.12. The van der Waals surface area contributed by atoms with Gasteiger partial charge in [-0.3, -0.25) is 0 Å². The zero-order valence-electron chi connectivity index (χ0n) is 20.4. The number of hydrogen-bond donors (Lipinski definition) is 2. The number of aliphatic imine (C=N–C) groups is 1. The van der Waals surface area contributed by atoms with E-state index in [0.29, 0.717) is 6.54 Å². The first-order chi connectivity index (χ1) is 15.6. The number of benzene rings is 1. The molecule has 1 aliphatic rings. The van der Waals surface area contributed by atoms with Crippen molar-refractivity contribution >= 4 is 35.8 Å². The Morgan fingerprint density at radius 2 is 1.82 bits per heavy atom. The highest BCUT2D eigenvalue weighted by atomic mass is 127. The molecule has 0 radical (unpaired) electrons. The summed E-state index contributed by atoms with van der Waals surface area (Å²) in [6.45, 7) is 14.0. The molecule has 0 unspecified atom stereocenters. The number of ether oxygens (including phenoxy) is 1. The lowest BCUT2D eigenvalue weighted by Gasteiger charge is -2.34. The summed E-state index contributed by atoms with van der Waals surface area (Å²) in [7, 11) is 1.72. The summed E-state index contributed by atoms with van der Waals surface area (Å²) in [4.78, 5) is 14.3. The molecule has 0 saturated carbocycles. The van der Waals surface area contributed by atoms with E-state index < -0.39 is 0 Å². The van der Waals surface area contributed by atoms with E-state index >= 15 is 0 Å². The molecule has 1 saturated heterocycles. The Balaban J connectivity index is 0.00000385. The number of nitrogens with zero attached hydrogens (tertiary/aromatic N) is 4. The van der Waals surface area contributed by atoms with Gasteiger partial charge in [0.05, 0.1) is 13.7 Å². The van der Waals surface area contributed by atoms with E-state index in [9.17, 15) is 0 Å². The third kappa shape index (κ3) is 8.33. The van der Waals surface area contributed by atoms with Gasteiger partial charge in [-0.25, -0.2) is 9.98 Å². The molecule has 0 spiro atoms. The molecule has 8 heteroatoms. The fraction of sp³-hybridized carbons (Fsp3) is 0.520. The lowest BCUT2D eigenvalue weighted by molar-refractivity contribution is 0.270. The van der Waals surface area contributed by atoms with Crippen molar-refractivity contribution in [3.05, 3.63) is 53.2 Å². The molecule has 1 aliphatic heterocycles. The summed E-state index contributed by atoms with van der Waals surface area (Å²) in [6.07, 6.45) is 2.86. The third-order valence-electron chi connectivity index (χ3n) is 5.90. The maximum Gasteiger partial charge on any atom is 0.191 e. The minimum Gasteiger partial charge on any atom is -0.496 e. The first kappa shape index (κ1) is 27.2. The van der Waals surface area contributed by atoms with Crippen molar-refractivity contribution in [3.8, 4) is 5.75 Å². The van der Waals surface area contributed by atoms with Gasteiger partial charge in [-0.05, 0) is 55.6 Å². The van der Waals surface area contributed by atoms with Crippen LogP contribution in [0.5, 0.6) is 5.75 Å². The normalized spacial score (nSPS) is 14.5. The van der Waals surface area contributed by atoms with Crippen molar-refractivity contribution in [3.63, 3.8) is 0 Å². The summed E-state index contributed by atoms with van der Waals surface area (Å²) in [5.74, 6) is 2.82. The Labute approximate surface area is 216 Å². The Morgan fingerprint density at radius 3 is 2.45 bits per heavy atom. The number of methoxy groups -OCH3 is 1. The van der Waals surface area contributed by atoms with Crippen LogP contribution in [0.2, 0.25) is 0 Å². The average Bonchev–Trinajstić information content (AvgIpc) is 2.84. The van der Waals surface area contributed by atoms with Crippen molar-refractivity contribution in [2.24, 2.45) is 4.99 Å². The number of rotatable bonds is 9. The maximum atomic E-state index is 5.43. The number of piperazine rings is 1.